The molecule has 102 valence electrons. The molecule has 5 nitrogen and oxygen atoms in total. The maximum atomic E-state index is 5.65. The first-order chi connectivity index (χ1) is 9.06. The van der Waals surface area contributed by atoms with Crippen LogP contribution in [0, 0.1) is 0 Å². The summed E-state index contributed by atoms with van der Waals surface area (Å²) in [5, 5.41) is 7.74. The van der Waals surface area contributed by atoms with E-state index in [1.165, 1.54) is 5.56 Å². The van der Waals surface area contributed by atoms with Gasteiger partial charge in [0.1, 0.15) is 5.75 Å². The summed E-state index contributed by atoms with van der Waals surface area (Å²) in [6, 6.07) is 7.73. The fourth-order valence-electron chi connectivity index (χ4n) is 1.62. The van der Waals surface area contributed by atoms with Crippen LogP contribution in [0.15, 0.2) is 28.7 Å². The third-order valence-electron chi connectivity index (χ3n) is 2.76. The van der Waals surface area contributed by atoms with Crippen molar-refractivity contribution in [3.8, 4) is 5.75 Å². The van der Waals surface area contributed by atoms with Crippen molar-refractivity contribution in [2.75, 3.05) is 0 Å². The molecule has 0 amide bonds. The second-order valence-corrected chi connectivity index (χ2v) is 4.84. The first-order valence-electron chi connectivity index (χ1n) is 6.37. The molecule has 2 aromatic rings. The molecule has 2 N–H and O–H groups in total. The molecular formula is C14H19N3O2. The number of aromatic nitrogens is 2. The van der Waals surface area contributed by atoms with Crippen LogP contribution >= 0.6 is 0 Å². The van der Waals surface area contributed by atoms with Gasteiger partial charge in [-0.15, -0.1) is 10.2 Å². The molecule has 0 spiro atoms. The predicted molar refractivity (Wildman–Crippen MR) is 71.8 cm³/mol. The summed E-state index contributed by atoms with van der Waals surface area (Å²) >= 11 is 0. The number of nitrogens with two attached hydrogens (primary N) is 1. The zero-order valence-corrected chi connectivity index (χ0v) is 11.5. The molecule has 1 aromatic heterocycles. The van der Waals surface area contributed by atoms with Crippen molar-refractivity contribution in [1.29, 1.82) is 0 Å². The first kappa shape index (κ1) is 13.5. The van der Waals surface area contributed by atoms with Crippen molar-refractivity contribution in [1.82, 2.24) is 10.2 Å². The molecule has 0 fully saturated rings. The normalized spacial score (nSPS) is 12.7. The number of hydrogen-bond donors (Lipinski definition) is 1. The standard InChI is InChI=1S/C14H19N3O2/c1-9(2)11-5-4-6-12(7-11)18-8-13-16-17-14(19-13)10(3)15/h4-7,9-10H,8,15H2,1-3H3. The summed E-state index contributed by atoms with van der Waals surface area (Å²) < 4.78 is 11.0. The van der Waals surface area contributed by atoms with Gasteiger partial charge < -0.3 is 14.9 Å². The summed E-state index contributed by atoms with van der Waals surface area (Å²) in [5.41, 5.74) is 6.89. The minimum atomic E-state index is -0.259. The maximum absolute atomic E-state index is 5.65. The van der Waals surface area contributed by atoms with Crippen LogP contribution in [0.4, 0.5) is 0 Å². The van der Waals surface area contributed by atoms with E-state index in [0.717, 1.165) is 5.75 Å². The summed E-state index contributed by atoms with van der Waals surface area (Å²) in [6.45, 7) is 6.34. The van der Waals surface area contributed by atoms with Crippen LogP contribution in [0.1, 0.15) is 50.1 Å². The predicted octanol–water partition coefficient (Wildman–Crippen LogP) is 2.79. The summed E-state index contributed by atoms with van der Waals surface area (Å²) in [7, 11) is 0. The van der Waals surface area contributed by atoms with E-state index in [1.54, 1.807) is 6.92 Å². The first-order valence-corrected chi connectivity index (χ1v) is 6.37. The van der Waals surface area contributed by atoms with Crippen LogP contribution in [-0.4, -0.2) is 10.2 Å². The summed E-state index contributed by atoms with van der Waals surface area (Å²) in [6.07, 6.45) is 0. The van der Waals surface area contributed by atoms with Crippen molar-refractivity contribution in [3.05, 3.63) is 41.6 Å². The van der Waals surface area contributed by atoms with Gasteiger partial charge in [0.15, 0.2) is 6.61 Å². The Hall–Kier alpha value is -1.88. The Morgan fingerprint density at radius 1 is 1.26 bits per heavy atom. The average molecular weight is 261 g/mol. The molecule has 19 heavy (non-hydrogen) atoms. The monoisotopic (exact) mass is 261 g/mol. The third kappa shape index (κ3) is 3.54. The SMILES string of the molecule is CC(C)c1cccc(OCc2nnc(C(C)N)o2)c1. The molecular weight excluding hydrogens is 242 g/mol. The second-order valence-electron chi connectivity index (χ2n) is 4.84. The van der Waals surface area contributed by atoms with E-state index in [2.05, 4.69) is 30.1 Å². The minimum Gasteiger partial charge on any atom is -0.484 e. The van der Waals surface area contributed by atoms with Crippen LogP contribution in [0.3, 0.4) is 0 Å². The Bertz CT molecular complexity index is 535. The number of hydrogen-bond acceptors (Lipinski definition) is 5. The van der Waals surface area contributed by atoms with Gasteiger partial charge in [0.2, 0.25) is 5.89 Å². The number of nitrogens with zero attached hydrogens (tertiary/aromatic N) is 2. The Morgan fingerprint density at radius 2 is 2.05 bits per heavy atom. The zero-order chi connectivity index (χ0) is 13.8. The van der Waals surface area contributed by atoms with Crippen molar-refractivity contribution in [2.24, 2.45) is 5.73 Å². The van der Waals surface area contributed by atoms with Crippen LogP contribution in [0.5, 0.6) is 5.75 Å². The molecule has 0 aliphatic rings. The number of rotatable bonds is 5. The van der Waals surface area contributed by atoms with Crippen molar-refractivity contribution in [2.45, 2.75) is 39.3 Å². The highest BCUT2D eigenvalue weighted by Gasteiger charge is 2.10. The molecule has 5 heteroatoms. The van der Waals surface area contributed by atoms with E-state index in [0.29, 0.717) is 17.7 Å². The second kappa shape index (κ2) is 5.84. The van der Waals surface area contributed by atoms with Crippen molar-refractivity contribution < 1.29 is 9.15 Å². The van der Waals surface area contributed by atoms with E-state index in [1.807, 2.05) is 18.2 Å². The highest BCUT2D eigenvalue weighted by molar-refractivity contribution is 5.30. The largest absolute Gasteiger partial charge is 0.484 e. The van der Waals surface area contributed by atoms with Crippen LogP contribution in [0.2, 0.25) is 0 Å². The van der Waals surface area contributed by atoms with Gasteiger partial charge >= 0.3 is 0 Å². The summed E-state index contributed by atoms with van der Waals surface area (Å²) in [5.74, 6) is 2.13. The van der Waals surface area contributed by atoms with Crippen LogP contribution in [0.25, 0.3) is 0 Å². The van der Waals surface area contributed by atoms with E-state index >= 15 is 0 Å². The lowest BCUT2D eigenvalue weighted by atomic mass is 10.0. The number of ether oxygens (including phenoxy) is 1. The highest BCUT2D eigenvalue weighted by Crippen LogP contribution is 2.21. The van der Waals surface area contributed by atoms with Gasteiger partial charge in [-0.3, -0.25) is 0 Å². The zero-order valence-electron chi connectivity index (χ0n) is 11.5. The molecule has 1 aromatic carbocycles. The van der Waals surface area contributed by atoms with Gasteiger partial charge in [0.05, 0.1) is 6.04 Å². The van der Waals surface area contributed by atoms with Crippen LogP contribution < -0.4 is 10.5 Å². The van der Waals surface area contributed by atoms with E-state index in [4.69, 9.17) is 14.9 Å². The fraction of sp³-hybridized carbons (Fsp3) is 0.429. The Labute approximate surface area is 112 Å². The molecule has 1 heterocycles. The van der Waals surface area contributed by atoms with Gasteiger partial charge in [-0.05, 0) is 30.5 Å². The lowest BCUT2D eigenvalue weighted by Gasteiger charge is -2.08. The molecule has 0 saturated carbocycles. The highest BCUT2D eigenvalue weighted by atomic mass is 16.5. The summed E-state index contributed by atoms with van der Waals surface area (Å²) in [4.78, 5) is 0. The number of benzene rings is 1. The molecule has 2 rings (SSSR count). The Balaban J connectivity index is 1.99. The molecule has 0 radical (unpaired) electrons. The smallest absolute Gasteiger partial charge is 0.253 e. The van der Waals surface area contributed by atoms with Gasteiger partial charge in [-0.2, -0.15) is 0 Å². The average Bonchev–Trinajstić information content (AvgIpc) is 2.85. The molecule has 0 aliphatic heterocycles. The third-order valence-corrected chi connectivity index (χ3v) is 2.76. The molecule has 1 atom stereocenters. The van der Waals surface area contributed by atoms with Crippen molar-refractivity contribution >= 4 is 0 Å². The van der Waals surface area contributed by atoms with Crippen LogP contribution in [-0.2, 0) is 6.61 Å². The Morgan fingerprint density at radius 3 is 2.68 bits per heavy atom. The lowest BCUT2D eigenvalue weighted by molar-refractivity contribution is 0.257. The minimum absolute atomic E-state index is 0.251. The van der Waals surface area contributed by atoms with Crippen molar-refractivity contribution in [3.63, 3.8) is 0 Å². The van der Waals surface area contributed by atoms with E-state index in [9.17, 15) is 0 Å². The van der Waals surface area contributed by atoms with Gasteiger partial charge in [0.25, 0.3) is 5.89 Å². The topological polar surface area (TPSA) is 74.2 Å². The maximum Gasteiger partial charge on any atom is 0.253 e. The van der Waals surface area contributed by atoms with Gasteiger partial charge in [0, 0.05) is 0 Å². The fourth-order valence-corrected chi connectivity index (χ4v) is 1.62. The molecule has 1 unspecified atom stereocenters. The molecule has 0 bridgehead atoms. The quantitative estimate of drug-likeness (QED) is 0.895. The van der Waals surface area contributed by atoms with E-state index in [-0.39, 0.29) is 12.6 Å². The Kier molecular flexibility index (Phi) is 4.16. The molecule has 0 aliphatic carbocycles. The molecule has 0 saturated heterocycles. The van der Waals surface area contributed by atoms with Gasteiger partial charge in [-0.1, -0.05) is 26.0 Å². The van der Waals surface area contributed by atoms with E-state index < -0.39 is 0 Å². The van der Waals surface area contributed by atoms with Gasteiger partial charge in [-0.25, -0.2) is 0 Å². The lowest BCUT2D eigenvalue weighted by Crippen LogP contribution is -2.04.